The third-order valence-corrected chi connectivity index (χ3v) is 5.38. The summed E-state index contributed by atoms with van der Waals surface area (Å²) in [6.45, 7) is 2.13. The molecule has 0 bridgehead atoms. The van der Waals surface area contributed by atoms with Crippen molar-refractivity contribution in [2.75, 3.05) is 12.3 Å². The summed E-state index contributed by atoms with van der Waals surface area (Å²) in [6.07, 6.45) is 5.93. The molecule has 1 aliphatic rings. The fraction of sp³-hybridized carbons (Fsp3) is 0.400. The number of hydrogen-bond donors (Lipinski definition) is 1. The van der Waals surface area contributed by atoms with E-state index in [0.717, 1.165) is 41.5 Å². The van der Waals surface area contributed by atoms with Gasteiger partial charge in [-0.15, -0.1) is 21.5 Å². The fourth-order valence-corrected chi connectivity index (χ4v) is 4.37. The number of ether oxygens (including phenoxy) is 1. The summed E-state index contributed by atoms with van der Waals surface area (Å²) >= 11 is 1.36. The first kappa shape index (κ1) is 13.5. The van der Waals surface area contributed by atoms with E-state index in [1.807, 2.05) is 4.40 Å². The zero-order chi connectivity index (χ0) is 15.3. The van der Waals surface area contributed by atoms with Gasteiger partial charge in [-0.2, -0.15) is 0 Å². The Labute approximate surface area is 130 Å². The number of aromatic nitrogens is 3. The third-order valence-electron chi connectivity index (χ3n) is 4.19. The second kappa shape index (κ2) is 4.95. The lowest BCUT2D eigenvalue weighted by molar-refractivity contribution is 0.0533. The third kappa shape index (κ3) is 1.75. The Balaban J connectivity index is 2.09. The maximum atomic E-state index is 12.1. The van der Waals surface area contributed by atoms with Crippen LogP contribution in [0, 0.1) is 0 Å². The zero-order valence-electron chi connectivity index (χ0n) is 12.3. The van der Waals surface area contributed by atoms with Crippen molar-refractivity contribution in [1.29, 1.82) is 0 Å². The van der Waals surface area contributed by atoms with Crippen LogP contribution in [-0.4, -0.2) is 27.2 Å². The van der Waals surface area contributed by atoms with Crippen molar-refractivity contribution in [2.24, 2.45) is 0 Å². The van der Waals surface area contributed by atoms with Gasteiger partial charge >= 0.3 is 5.97 Å². The van der Waals surface area contributed by atoms with Gasteiger partial charge in [0.2, 0.25) is 0 Å². The quantitative estimate of drug-likeness (QED) is 0.735. The number of hydrogen-bond acceptors (Lipinski definition) is 6. The average molecular weight is 316 g/mol. The molecule has 3 aromatic rings. The summed E-state index contributed by atoms with van der Waals surface area (Å²) in [5.74, 6) is -0.355. The predicted molar refractivity (Wildman–Crippen MR) is 85.4 cm³/mol. The number of nitrogens with two attached hydrogens (primary N) is 1. The van der Waals surface area contributed by atoms with Crippen molar-refractivity contribution >= 4 is 38.9 Å². The molecule has 0 unspecified atom stereocenters. The van der Waals surface area contributed by atoms with Crippen molar-refractivity contribution in [3.8, 4) is 0 Å². The molecule has 2 N–H and O–H groups in total. The highest BCUT2D eigenvalue weighted by Gasteiger charge is 2.26. The van der Waals surface area contributed by atoms with Crippen LogP contribution < -0.4 is 5.73 Å². The Kier molecular flexibility index (Phi) is 3.04. The summed E-state index contributed by atoms with van der Waals surface area (Å²) in [7, 11) is 0. The lowest BCUT2D eigenvalue weighted by Crippen LogP contribution is -2.08. The number of anilines is 1. The smallest absolute Gasteiger partial charge is 0.350 e. The molecule has 0 saturated carbocycles. The van der Waals surface area contributed by atoms with Gasteiger partial charge in [-0.25, -0.2) is 4.79 Å². The number of pyridine rings is 1. The lowest BCUT2D eigenvalue weighted by Gasteiger charge is -2.17. The summed E-state index contributed by atoms with van der Waals surface area (Å²) in [5.41, 5.74) is 10.2. The molecule has 0 amide bonds. The molecule has 4 rings (SSSR count). The highest BCUT2D eigenvalue weighted by Crippen LogP contribution is 2.41. The minimum Gasteiger partial charge on any atom is -0.462 e. The minimum absolute atomic E-state index is 0.340. The molecule has 22 heavy (non-hydrogen) atoms. The van der Waals surface area contributed by atoms with Gasteiger partial charge in [0.25, 0.3) is 0 Å². The molecule has 7 heteroatoms. The predicted octanol–water partition coefficient (Wildman–Crippen LogP) is 2.58. The molecular formula is C15H16N4O2S. The van der Waals surface area contributed by atoms with Crippen LogP contribution in [-0.2, 0) is 17.6 Å². The Morgan fingerprint density at radius 1 is 1.41 bits per heavy atom. The van der Waals surface area contributed by atoms with Crippen molar-refractivity contribution in [3.05, 3.63) is 22.3 Å². The second-order valence-electron chi connectivity index (χ2n) is 5.43. The van der Waals surface area contributed by atoms with E-state index in [0.29, 0.717) is 17.2 Å². The molecule has 0 fully saturated rings. The molecule has 114 valence electrons. The molecule has 0 saturated heterocycles. The molecule has 3 heterocycles. The number of rotatable bonds is 2. The van der Waals surface area contributed by atoms with Crippen molar-refractivity contribution in [2.45, 2.75) is 32.6 Å². The number of aryl methyl sites for hydroxylation is 2. The first-order chi connectivity index (χ1) is 10.7. The molecule has 0 aromatic carbocycles. The first-order valence-corrected chi connectivity index (χ1v) is 8.26. The minimum atomic E-state index is -0.355. The van der Waals surface area contributed by atoms with E-state index < -0.39 is 0 Å². The van der Waals surface area contributed by atoms with Gasteiger partial charge in [-0.3, -0.25) is 4.40 Å². The van der Waals surface area contributed by atoms with Crippen molar-refractivity contribution < 1.29 is 9.53 Å². The highest BCUT2D eigenvalue weighted by molar-refractivity contribution is 7.21. The maximum absolute atomic E-state index is 12.1. The van der Waals surface area contributed by atoms with Crippen LogP contribution in [0.4, 0.5) is 5.69 Å². The van der Waals surface area contributed by atoms with E-state index in [1.54, 1.807) is 13.3 Å². The van der Waals surface area contributed by atoms with E-state index >= 15 is 0 Å². The molecule has 0 atom stereocenters. The number of thiophene rings is 1. The summed E-state index contributed by atoms with van der Waals surface area (Å²) in [4.78, 5) is 13.6. The number of nitrogens with zero attached hydrogens (tertiary/aromatic N) is 3. The number of carbonyl (C=O) groups is 1. The monoisotopic (exact) mass is 316 g/mol. The summed E-state index contributed by atoms with van der Waals surface area (Å²) < 4.78 is 7.07. The summed E-state index contributed by atoms with van der Waals surface area (Å²) in [6, 6.07) is 0. The van der Waals surface area contributed by atoms with E-state index in [2.05, 4.69) is 10.2 Å². The van der Waals surface area contributed by atoms with Crippen LogP contribution in [0.15, 0.2) is 6.33 Å². The van der Waals surface area contributed by atoms with Gasteiger partial charge < -0.3 is 10.5 Å². The molecule has 3 aromatic heterocycles. The van der Waals surface area contributed by atoms with E-state index in [4.69, 9.17) is 10.5 Å². The van der Waals surface area contributed by atoms with E-state index in [-0.39, 0.29) is 5.97 Å². The second-order valence-corrected chi connectivity index (χ2v) is 6.43. The van der Waals surface area contributed by atoms with Gasteiger partial charge in [-0.1, -0.05) is 0 Å². The molecule has 0 aliphatic heterocycles. The van der Waals surface area contributed by atoms with Crippen molar-refractivity contribution in [3.63, 3.8) is 0 Å². The normalized spacial score (nSPS) is 14.4. The molecule has 0 radical (unpaired) electrons. The van der Waals surface area contributed by atoms with Crippen LogP contribution >= 0.6 is 11.3 Å². The van der Waals surface area contributed by atoms with Gasteiger partial charge in [-0.05, 0) is 38.2 Å². The van der Waals surface area contributed by atoms with Gasteiger partial charge in [0.15, 0.2) is 5.65 Å². The Hall–Kier alpha value is -2.15. The van der Waals surface area contributed by atoms with Crippen LogP contribution in [0.1, 0.15) is 40.6 Å². The molecule has 0 spiro atoms. The number of esters is 1. The average Bonchev–Trinajstić information content (AvgIpc) is 3.12. The van der Waals surface area contributed by atoms with Crippen LogP contribution in [0.3, 0.4) is 0 Å². The largest absolute Gasteiger partial charge is 0.462 e. The van der Waals surface area contributed by atoms with Crippen LogP contribution in [0.5, 0.6) is 0 Å². The Bertz CT molecular complexity index is 896. The maximum Gasteiger partial charge on any atom is 0.350 e. The van der Waals surface area contributed by atoms with Gasteiger partial charge in [0.05, 0.1) is 12.3 Å². The summed E-state index contributed by atoms with van der Waals surface area (Å²) in [5, 5.41) is 9.29. The fourth-order valence-electron chi connectivity index (χ4n) is 3.26. The van der Waals surface area contributed by atoms with Crippen molar-refractivity contribution in [1.82, 2.24) is 14.6 Å². The zero-order valence-corrected chi connectivity index (χ0v) is 13.1. The first-order valence-electron chi connectivity index (χ1n) is 7.45. The molecule has 6 nitrogen and oxygen atoms in total. The van der Waals surface area contributed by atoms with E-state index in [9.17, 15) is 4.79 Å². The van der Waals surface area contributed by atoms with E-state index in [1.165, 1.54) is 22.5 Å². The number of carbonyl (C=O) groups excluding carboxylic acids is 1. The number of fused-ring (bicyclic) bond motifs is 6. The van der Waals surface area contributed by atoms with Gasteiger partial charge in [0.1, 0.15) is 16.0 Å². The molecule has 1 aliphatic carbocycles. The Morgan fingerprint density at radius 2 is 2.18 bits per heavy atom. The highest BCUT2D eigenvalue weighted by atomic mass is 32.1. The lowest BCUT2D eigenvalue weighted by atomic mass is 9.90. The van der Waals surface area contributed by atoms with Crippen LogP contribution in [0.2, 0.25) is 0 Å². The molecular weight excluding hydrogens is 300 g/mol. The standard InChI is InChI=1S/C15H16N4O2S/c1-2-21-15(20)12-11(16)10-8-5-3-4-6-9(8)13-18-17-7-19(13)14(10)22-12/h7H,2-6,16H2,1H3. The van der Waals surface area contributed by atoms with Gasteiger partial charge in [0, 0.05) is 10.9 Å². The SMILES string of the molecule is CCOC(=O)c1sc2c(c1N)c1c(c3nncn32)CCCC1. The van der Waals surface area contributed by atoms with Crippen LogP contribution in [0.25, 0.3) is 15.9 Å². The Morgan fingerprint density at radius 3 is 2.95 bits per heavy atom. The number of nitrogen functional groups attached to an aromatic ring is 1. The topological polar surface area (TPSA) is 82.5 Å².